The van der Waals surface area contributed by atoms with Gasteiger partial charge in [-0.25, -0.2) is 4.98 Å². The van der Waals surface area contributed by atoms with Gasteiger partial charge in [-0.3, -0.25) is 4.79 Å². The maximum atomic E-state index is 12.4. The maximum Gasteiger partial charge on any atom is 0.227 e. The van der Waals surface area contributed by atoms with Gasteiger partial charge in [-0.15, -0.1) is 17.9 Å². The summed E-state index contributed by atoms with van der Waals surface area (Å²) in [5, 5.41) is 9.13. The predicted octanol–water partition coefficient (Wildman–Crippen LogP) is 5.56. The molecule has 134 valence electrons. The third-order valence-corrected chi connectivity index (χ3v) is 4.92. The molecule has 2 aromatic rings. The van der Waals surface area contributed by atoms with E-state index in [1.165, 1.54) is 0 Å². The quantitative estimate of drug-likeness (QED) is 0.547. The Morgan fingerprint density at radius 1 is 1.32 bits per heavy atom. The van der Waals surface area contributed by atoms with Gasteiger partial charge in [0.15, 0.2) is 5.13 Å². The lowest BCUT2D eigenvalue weighted by molar-refractivity contribution is -0.120. The van der Waals surface area contributed by atoms with Crippen LogP contribution >= 0.6 is 11.3 Å². The third-order valence-electron chi connectivity index (χ3n) is 4.12. The second-order valence-electron chi connectivity index (χ2n) is 6.02. The Bertz CT molecular complexity index is 679. The molecule has 1 amide bonds. The van der Waals surface area contributed by atoms with E-state index in [1.807, 2.05) is 35.7 Å². The lowest BCUT2D eigenvalue weighted by atomic mass is 9.98. The van der Waals surface area contributed by atoms with Crippen LogP contribution in [0.15, 0.2) is 42.3 Å². The van der Waals surface area contributed by atoms with Crippen molar-refractivity contribution >= 4 is 28.1 Å². The first-order valence-electron chi connectivity index (χ1n) is 8.89. The molecule has 0 saturated heterocycles. The Balaban J connectivity index is 1.98. The molecule has 2 rings (SSSR count). The van der Waals surface area contributed by atoms with Crippen LogP contribution in [-0.2, 0) is 4.79 Å². The van der Waals surface area contributed by atoms with E-state index in [1.54, 1.807) is 11.3 Å². The van der Waals surface area contributed by atoms with Crippen LogP contribution in [0, 0.1) is 5.92 Å². The SMILES string of the molecule is C=CCNc1nc(-c2ccc(NC(=O)[C@@H](CC)CCCC)cc2)cs1. The van der Waals surface area contributed by atoms with E-state index in [4.69, 9.17) is 0 Å². The molecule has 0 unspecified atom stereocenters. The van der Waals surface area contributed by atoms with E-state index in [9.17, 15) is 4.79 Å². The van der Waals surface area contributed by atoms with Gasteiger partial charge < -0.3 is 10.6 Å². The minimum atomic E-state index is 0.0941. The van der Waals surface area contributed by atoms with Crippen molar-refractivity contribution in [3.63, 3.8) is 0 Å². The van der Waals surface area contributed by atoms with Crippen molar-refractivity contribution in [3.05, 3.63) is 42.3 Å². The second kappa shape index (κ2) is 9.99. The minimum Gasteiger partial charge on any atom is -0.358 e. The summed E-state index contributed by atoms with van der Waals surface area (Å²) in [7, 11) is 0. The highest BCUT2D eigenvalue weighted by Gasteiger charge is 2.15. The van der Waals surface area contributed by atoms with Gasteiger partial charge in [0.25, 0.3) is 0 Å². The number of benzene rings is 1. The third kappa shape index (κ3) is 5.71. The summed E-state index contributed by atoms with van der Waals surface area (Å²) in [6.45, 7) is 8.62. The molecule has 0 aliphatic rings. The number of aromatic nitrogens is 1. The van der Waals surface area contributed by atoms with E-state index >= 15 is 0 Å². The summed E-state index contributed by atoms with van der Waals surface area (Å²) in [4.78, 5) is 16.9. The van der Waals surface area contributed by atoms with Crippen LogP contribution in [0.25, 0.3) is 11.3 Å². The summed E-state index contributed by atoms with van der Waals surface area (Å²) in [6.07, 6.45) is 5.86. The number of nitrogens with zero attached hydrogens (tertiary/aromatic N) is 1. The zero-order valence-corrected chi connectivity index (χ0v) is 15.9. The minimum absolute atomic E-state index is 0.0941. The number of carbonyl (C=O) groups excluding carboxylic acids is 1. The molecular weight excluding hydrogens is 330 g/mol. The van der Waals surface area contributed by atoms with Gasteiger partial charge in [0.1, 0.15) is 0 Å². The van der Waals surface area contributed by atoms with E-state index in [-0.39, 0.29) is 11.8 Å². The Kier molecular flexibility index (Phi) is 7.67. The molecule has 1 aromatic heterocycles. The topological polar surface area (TPSA) is 54.0 Å². The van der Waals surface area contributed by atoms with Crippen molar-refractivity contribution in [2.24, 2.45) is 5.92 Å². The highest BCUT2D eigenvalue weighted by molar-refractivity contribution is 7.14. The van der Waals surface area contributed by atoms with E-state index in [2.05, 4.69) is 36.0 Å². The smallest absolute Gasteiger partial charge is 0.227 e. The number of hydrogen-bond donors (Lipinski definition) is 2. The van der Waals surface area contributed by atoms with Gasteiger partial charge in [-0.05, 0) is 25.0 Å². The van der Waals surface area contributed by atoms with Crippen molar-refractivity contribution in [1.82, 2.24) is 4.98 Å². The van der Waals surface area contributed by atoms with Gasteiger partial charge in [0.05, 0.1) is 5.69 Å². The number of anilines is 2. The Morgan fingerprint density at radius 2 is 2.08 bits per heavy atom. The average Bonchev–Trinajstić information content (AvgIpc) is 3.10. The van der Waals surface area contributed by atoms with Crippen molar-refractivity contribution in [2.45, 2.75) is 39.5 Å². The lowest BCUT2D eigenvalue weighted by Gasteiger charge is -2.14. The molecule has 0 aliphatic heterocycles. The number of nitrogens with one attached hydrogen (secondary N) is 2. The molecular formula is C20H27N3OS. The average molecular weight is 358 g/mol. The van der Waals surface area contributed by atoms with Crippen LogP contribution in [-0.4, -0.2) is 17.4 Å². The van der Waals surface area contributed by atoms with Crippen molar-refractivity contribution in [3.8, 4) is 11.3 Å². The van der Waals surface area contributed by atoms with Crippen LogP contribution < -0.4 is 10.6 Å². The second-order valence-corrected chi connectivity index (χ2v) is 6.88. The lowest BCUT2D eigenvalue weighted by Crippen LogP contribution is -2.22. The van der Waals surface area contributed by atoms with Crippen LogP contribution in [0.3, 0.4) is 0 Å². The maximum absolute atomic E-state index is 12.4. The summed E-state index contributed by atoms with van der Waals surface area (Å²) < 4.78 is 0. The van der Waals surface area contributed by atoms with Crippen LogP contribution in [0.1, 0.15) is 39.5 Å². The number of amides is 1. The van der Waals surface area contributed by atoms with E-state index in [0.29, 0.717) is 6.54 Å². The fraction of sp³-hybridized carbons (Fsp3) is 0.400. The first-order valence-corrected chi connectivity index (χ1v) is 9.77. The molecule has 0 radical (unpaired) electrons. The zero-order chi connectivity index (χ0) is 18.1. The summed E-state index contributed by atoms with van der Waals surface area (Å²) in [5.74, 6) is 0.213. The largest absolute Gasteiger partial charge is 0.358 e. The number of carbonyl (C=O) groups is 1. The summed E-state index contributed by atoms with van der Waals surface area (Å²) in [6, 6.07) is 7.87. The molecule has 5 heteroatoms. The molecule has 2 N–H and O–H groups in total. The number of unbranched alkanes of at least 4 members (excludes halogenated alkanes) is 1. The monoisotopic (exact) mass is 357 g/mol. The zero-order valence-electron chi connectivity index (χ0n) is 15.0. The fourth-order valence-electron chi connectivity index (χ4n) is 2.59. The fourth-order valence-corrected chi connectivity index (χ4v) is 3.32. The molecule has 0 saturated carbocycles. The molecule has 25 heavy (non-hydrogen) atoms. The molecule has 0 spiro atoms. The van der Waals surface area contributed by atoms with Crippen LogP contribution in [0.5, 0.6) is 0 Å². The summed E-state index contributed by atoms with van der Waals surface area (Å²) >= 11 is 1.57. The Labute approximate surface area is 154 Å². The normalized spacial score (nSPS) is 11.8. The Morgan fingerprint density at radius 3 is 2.72 bits per heavy atom. The van der Waals surface area contributed by atoms with Crippen LogP contribution in [0.2, 0.25) is 0 Å². The highest BCUT2D eigenvalue weighted by atomic mass is 32.1. The first kappa shape index (κ1) is 19.2. The first-order chi connectivity index (χ1) is 12.2. The molecule has 1 atom stereocenters. The molecule has 0 aliphatic carbocycles. The van der Waals surface area contributed by atoms with Gasteiger partial charge >= 0.3 is 0 Å². The number of thiazole rings is 1. The highest BCUT2D eigenvalue weighted by Crippen LogP contribution is 2.26. The van der Waals surface area contributed by atoms with Crippen molar-refractivity contribution in [1.29, 1.82) is 0 Å². The van der Waals surface area contributed by atoms with Crippen molar-refractivity contribution in [2.75, 3.05) is 17.2 Å². The molecule has 4 nitrogen and oxygen atoms in total. The van der Waals surface area contributed by atoms with E-state index in [0.717, 1.165) is 47.8 Å². The predicted molar refractivity (Wildman–Crippen MR) is 108 cm³/mol. The molecule has 0 fully saturated rings. The number of rotatable bonds is 10. The van der Waals surface area contributed by atoms with Gasteiger partial charge in [-0.2, -0.15) is 0 Å². The summed E-state index contributed by atoms with van der Waals surface area (Å²) in [5.41, 5.74) is 2.81. The van der Waals surface area contributed by atoms with Gasteiger partial charge in [-0.1, -0.05) is 44.9 Å². The van der Waals surface area contributed by atoms with Gasteiger partial charge in [0.2, 0.25) is 5.91 Å². The molecule has 1 heterocycles. The van der Waals surface area contributed by atoms with Crippen molar-refractivity contribution < 1.29 is 4.79 Å². The number of hydrogen-bond acceptors (Lipinski definition) is 4. The molecule has 1 aromatic carbocycles. The standard InChI is InChI=1S/C20H27N3OS/c1-4-7-8-15(6-3)19(24)22-17-11-9-16(10-12-17)18-14-25-20(23-18)21-13-5-2/h5,9-12,14-15H,2,4,6-8,13H2,1,3H3,(H,21,23)(H,22,24)/t15-/m0/s1. The Hall–Kier alpha value is -2.14. The van der Waals surface area contributed by atoms with Crippen LogP contribution in [0.4, 0.5) is 10.8 Å². The van der Waals surface area contributed by atoms with E-state index < -0.39 is 0 Å². The molecule has 0 bridgehead atoms. The van der Waals surface area contributed by atoms with Gasteiger partial charge in [0, 0.05) is 29.1 Å².